The summed E-state index contributed by atoms with van der Waals surface area (Å²) in [5.41, 5.74) is 6.17. The number of nitrogens with two attached hydrogens (primary N) is 1. The van der Waals surface area contributed by atoms with Gasteiger partial charge >= 0.3 is 0 Å². The van der Waals surface area contributed by atoms with E-state index in [1.807, 2.05) is 6.92 Å². The Hall–Kier alpha value is -1.56. The Balaban J connectivity index is 2.68. The molecule has 0 aromatic carbocycles. The first-order valence-electron chi connectivity index (χ1n) is 4.60. The molecule has 1 aromatic heterocycles. The van der Waals surface area contributed by atoms with Crippen LogP contribution in [0.15, 0.2) is 6.33 Å². The van der Waals surface area contributed by atoms with Crippen molar-refractivity contribution in [2.45, 2.75) is 13.0 Å². The Morgan fingerprint density at radius 3 is 2.80 bits per heavy atom. The van der Waals surface area contributed by atoms with Crippen LogP contribution in [0.1, 0.15) is 6.92 Å². The minimum absolute atomic E-state index is 0.0883. The summed E-state index contributed by atoms with van der Waals surface area (Å²) in [5.74, 6) is 0.934. The van der Waals surface area contributed by atoms with Gasteiger partial charge in [0.05, 0.1) is 13.2 Å². The smallest absolute Gasteiger partial charge is 0.242 e. The zero-order valence-corrected chi connectivity index (χ0v) is 9.15. The Labute approximate surface area is 88.8 Å². The Morgan fingerprint density at radius 1 is 1.47 bits per heavy atom. The van der Waals surface area contributed by atoms with Gasteiger partial charge in [0.1, 0.15) is 12.0 Å². The van der Waals surface area contributed by atoms with Gasteiger partial charge in [-0.05, 0) is 6.92 Å². The molecule has 15 heavy (non-hydrogen) atoms. The molecular weight excluding hydrogens is 196 g/mol. The third kappa shape index (κ3) is 2.95. The van der Waals surface area contributed by atoms with Crippen LogP contribution in [-0.2, 0) is 4.74 Å². The monoisotopic (exact) mass is 212 g/mol. The second-order valence-corrected chi connectivity index (χ2v) is 3.07. The van der Waals surface area contributed by atoms with Gasteiger partial charge in [-0.3, -0.25) is 0 Å². The first-order valence-corrected chi connectivity index (χ1v) is 4.60. The normalized spacial score (nSPS) is 12.2. The van der Waals surface area contributed by atoms with E-state index >= 15 is 0 Å². The average molecular weight is 212 g/mol. The lowest BCUT2D eigenvalue weighted by atomic mass is 10.4. The van der Waals surface area contributed by atoms with E-state index in [-0.39, 0.29) is 6.10 Å². The van der Waals surface area contributed by atoms with Crippen molar-refractivity contribution in [2.75, 3.05) is 31.8 Å². The number of rotatable bonds is 5. The molecule has 3 N–H and O–H groups in total. The number of nitrogens with zero attached hydrogens (tertiary/aromatic N) is 2. The molecule has 0 saturated heterocycles. The van der Waals surface area contributed by atoms with Gasteiger partial charge in [0.25, 0.3) is 0 Å². The van der Waals surface area contributed by atoms with E-state index < -0.39 is 0 Å². The number of ether oxygens (including phenoxy) is 2. The number of nitrogen functional groups attached to an aromatic ring is 1. The Bertz CT molecular complexity index is 319. The Morgan fingerprint density at radius 2 is 2.20 bits per heavy atom. The van der Waals surface area contributed by atoms with Gasteiger partial charge in [-0.25, -0.2) is 4.98 Å². The highest BCUT2D eigenvalue weighted by Crippen LogP contribution is 2.23. The van der Waals surface area contributed by atoms with Crippen molar-refractivity contribution in [3.63, 3.8) is 0 Å². The first kappa shape index (κ1) is 11.5. The Kier molecular flexibility index (Phi) is 4.11. The molecule has 1 unspecified atom stereocenters. The predicted molar refractivity (Wildman–Crippen MR) is 58.0 cm³/mol. The molecule has 84 valence electrons. The third-order valence-corrected chi connectivity index (χ3v) is 2.00. The second-order valence-electron chi connectivity index (χ2n) is 3.07. The molecule has 1 heterocycles. The number of nitrogens with one attached hydrogen (secondary N) is 1. The van der Waals surface area contributed by atoms with E-state index in [0.29, 0.717) is 23.9 Å². The van der Waals surface area contributed by atoms with Gasteiger partial charge in [0, 0.05) is 13.7 Å². The molecule has 6 nitrogen and oxygen atoms in total. The molecule has 1 rings (SSSR count). The van der Waals surface area contributed by atoms with E-state index in [1.54, 1.807) is 7.11 Å². The van der Waals surface area contributed by atoms with Crippen molar-refractivity contribution < 1.29 is 9.47 Å². The van der Waals surface area contributed by atoms with Crippen LogP contribution in [0.2, 0.25) is 0 Å². The lowest BCUT2D eigenvalue weighted by molar-refractivity contribution is 0.128. The summed E-state index contributed by atoms with van der Waals surface area (Å²) in [7, 11) is 3.16. The summed E-state index contributed by atoms with van der Waals surface area (Å²) < 4.78 is 10.1. The van der Waals surface area contributed by atoms with E-state index in [1.165, 1.54) is 13.4 Å². The maximum Gasteiger partial charge on any atom is 0.242 e. The molecule has 0 aliphatic heterocycles. The van der Waals surface area contributed by atoms with Crippen molar-refractivity contribution >= 4 is 11.5 Å². The van der Waals surface area contributed by atoms with Crippen molar-refractivity contribution in [2.24, 2.45) is 0 Å². The van der Waals surface area contributed by atoms with Crippen molar-refractivity contribution in [3.05, 3.63) is 6.33 Å². The summed E-state index contributed by atoms with van der Waals surface area (Å²) in [6, 6.07) is 0. The average Bonchev–Trinajstić information content (AvgIpc) is 2.27. The van der Waals surface area contributed by atoms with E-state index in [2.05, 4.69) is 15.3 Å². The third-order valence-electron chi connectivity index (χ3n) is 2.00. The maximum absolute atomic E-state index is 5.77. The van der Waals surface area contributed by atoms with Crippen LogP contribution in [0.5, 0.6) is 5.88 Å². The fourth-order valence-corrected chi connectivity index (χ4v) is 1.01. The fourth-order valence-electron chi connectivity index (χ4n) is 1.01. The summed E-state index contributed by atoms with van der Waals surface area (Å²) in [4.78, 5) is 7.89. The van der Waals surface area contributed by atoms with Crippen LogP contribution < -0.4 is 15.8 Å². The molecule has 0 aliphatic carbocycles. The van der Waals surface area contributed by atoms with Gasteiger partial charge in [0.15, 0.2) is 5.82 Å². The molecule has 0 saturated carbocycles. The molecule has 0 amide bonds. The molecule has 0 bridgehead atoms. The predicted octanol–water partition coefficient (Wildman–Crippen LogP) is 0.514. The molecule has 0 spiro atoms. The molecule has 1 aromatic rings. The summed E-state index contributed by atoms with van der Waals surface area (Å²) in [6.45, 7) is 2.57. The highest BCUT2D eigenvalue weighted by Gasteiger charge is 2.08. The highest BCUT2D eigenvalue weighted by molar-refractivity contribution is 5.66. The molecule has 0 aliphatic rings. The van der Waals surface area contributed by atoms with Gasteiger partial charge in [0.2, 0.25) is 5.88 Å². The van der Waals surface area contributed by atoms with Gasteiger partial charge in [-0.2, -0.15) is 4.98 Å². The number of aromatic nitrogens is 2. The minimum Gasteiger partial charge on any atom is -0.479 e. The van der Waals surface area contributed by atoms with E-state index in [0.717, 1.165) is 0 Å². The summed E-state index contributed by atoms with van der Waals surface area (Å²) in [6.07, 6.45) is 1.49. The minimum atomic E-state index is 0.0883. The van der Waals surface area contributed by atoms with Crippen LogP contribution in [0.25, 0.3) is 0 Å². The quantitative estimate of drug-likeness (QED) is 0.740. The van der Waals surface area contributed by atoms with Gasteiger partial charge in [-0.15, -0.1) is 0 Å². The highest BCUT2D eigenvalue weighted by atomic mass is 16.5. The number of methoxy groups -OCH3 is 2. The molecule has 6 heteroatoms. The maximum atomic E-state index is 5.77. The molecule has 0 radical (unpaired) electrons. The topological polar surface area (TPSA) is 82.3 Å². The van der Waals surface area contributed by atoms with Crippen LogP contribution in [0.3, 0.4) is 0 Å². The van der Waals surface area contributed by atoms with Crippen molar-refractivity contribution in [1.29, 1.82) is 0 Å². The molecule has 1 atom stereocenters. The van der Waals surface area contributed by atoms with E-state index in [4.69, 9.17) is 15.2 Å². The van der Waals surface area contributed by atoms with E-state index in [9.17, 15) is 0 Å². The zero-order chi connectivity index (χ0) is 11.3. The molecule has 0 fully saturated rings. The van der Waals surface area contributed by atoms with Gasteiger partial charge < -0.3 is 20.5 Å². The van der Waals surface area contributed by atoms with Crippen LogP contribution >= 0.6 is 0 Å². The number of hydrogen-bond acceptors (Lipinski definition) is 6. The largest absolute Gasteiger partial charge is 0.479 e. The fraction of sp³-hybridized carbons (Fsp3) is 0.556. The lowest BCUT2D eigenvalue weighted by Gasteiger charge is -2.13. The second kappa shape index (κ2) is 5.35. The summed E-state index contributed by atoms with van der Waals surface area (Å²) in [5, 5.41) is 3.06. The summed E-state index contributed by atoms with van der Waals surface area (Å²) >= 11 is 0. The lowest BCUT2D eigenvalue weighted by Crippen LogP contribution is -2.19. The van der Waals surface area contributed by atoms with Crippen molar-refractivity contribution in [1.82, 2.24) is 9.97 Å². The molecular formula is C9H16N4O2. The van der Waals surface area contributed by atoms with Crippen molar-refractivity contribution in [3.8, 4) is 5.88 Å². The standard InChI is InChI=1S/C9H16N4O2/c1-6(14-2)4-11-8-7(10)9(15-3)13-5-12-8/h5-6H,4,10H2,1-3H3,(H,11,12,13). The van der Waals surface area contributed by atoms with Crippen LogP contribution in [-0.4, -0.2) is 36.8 Å². The number of hydrogen-bond donors (Lipinski definition) is 2. The zero-order valence-electron chi connectivity index (χ0n) is 9.15. The van der Waals surface area contributed by atoms with Gasteiger partial charge in [-0.1, -0.05) is 0 Å². The number of anilines is 2. The van der Waals surface area contributed by atoms with Crippen LogP contribution in [0, 0.1) is 0 Å². The SMILES string of the molecule is COc1ncnc(NCC(C)OC)c1N. The van der Waals surface area contributed by atoms with Crippen LogP contribution in [0.4, 0.5) is 11.5 Å². The first-order chi connectivity index (χ1) is 7.19.